The number of likely N-dealkylation sites (tertiary alicyclic amines) is 1. The second-order valence-corrected chi connectivity index (χ2v) is 8.37. The molecule has 0 atom stereocenters. The predicted octanol–water partition coefficient (Wildman–Crippen LogP) is 5.07. The van der Waals surface area contributed by atoms with Crippen LogP contribution in [0.15, 0.2) is 108 Å². The lowest BCUT2D eigenvalue weighted by Gasteiger charge is -2.29. The lowest BCUT2D eigenvalue weighted by Crippen LogP contribution is -2.41. The molecule has 1 heterocycles. The molecule has 5 nitrogen and oxygen atoms in total. The lowest BCUT2D eigenvalue weighted by atomic mass is 9.94. The number of Topliss-reactive ketones (excluding diaryl/α,β-unsaturated/α-hetero) is 1. The van der Waals surface area contributed by atoms with E-state index in [0.29, 0.717) is 16.8 Å². The molecule has 1 N–H and O–H groups in total. The third-order valence-electron chi connectivity index (χ3n) is 5.59. The van der Waals surface area contributed by atoms with Gasteiger partial charge in [0, 0.05) is 29.0 Å². The molecule has 0 radical (unpaired) electrons. The fourth-order valence-electron chi connectivity index (χ4n) is 3.77. The Bertz CT molecular complexity index is 1240. The van der Waals surface area contributed by atoms with Crippen LogP contribution in [0.5, 0.6) is 0 Å². The molecule has 1 fully saturated rings. The van der Waals surface area contributed by atoms with E-state index in [1.165, 1.54) is 12.2 Å². The number of anilines is 1. The van der Waals surface area contributed by atoms with Crippen LogP contribution in [-0.4, -0.2) is 35.6 Å². The van der Waals surface area contributed by atoms with Crippen LogP contribution in [0.2, 0.25) is 0 Å². The van der Waals surface area contributed by atoms with Gasteiger partial charge in [0.15, 0.2) is 5.78 Å². The van der Waals surface area contributed by atoms with Gasteiger partial charge in [-0.25, -0.2) is 0 Å². The largest absolute Gasteiger partial charge is 0.330 e. The standard InChI is InChI=1S/C30H26N2O3/c1-22-12-14-27(15-13-22)31-28(33)16-17-29(34)32-20-25(18-23-8-4-2-5-9-23)30(35)26(21-32)19-24-10-6-3-7-11-24/h2-19H,20-21H2,1H3,(H,31,33)/b17-16+,25-18+,26-19+. The zero-order chi connectivity index (χ0) is 24.6. The van der Waals surface area contributed by atoms with Crippen molar-refractivity contribution in [3.05, 3.63) is 125 Å². The van der Waals surface area contributed by atoms with Crippen LogP contribution in [0.3, 0.4) is 0 Å². The zero-order valence-electron chi connectivity index (χ0n) is 19.5. The van der Waals surface area contributed by atoms with Gasteiger partial charge >= 0.3 is 0 Å². The number of nitrogens with one attached hydrogen (secondary N) is 1. The smallest absolute Gasteiger partial charge is 0.248 e. The van der Waals surface area contributed by atoms with Crippen molar-refractivity contribution in [2.75, 3.05) is 18.4 Å². The first kappa shape index (κ1) is 23.6. The van der Waals surface area contributed by atoms with E-state index in [0.717, 1.165) is 16.7 Å². The van der Waals surface area contributed by atoms with Crippen LogP contribution in [0.4, 0.5) is 5.69 Å². The highest BCUT2D eigenvalue weighted by Gasteiger charge is 2.28. The number of rotatable bonds is 5. The van der Waals surface area contributed by atoms with E-state index in [1.807, 2.05) is 91.9 Å². The number of benzene rings is 3. The number of ketones is 1. The van der Waals surface area contributed by atoms with Gasteiger partial charge in [-0.15, -0.1) is 0 Å². The van der Waals surface area contributed by atoms with Crippen molar-refractivity contribution in [1.82, 2.24) is 4.90 Å². The van der Waals surface area contributed by atoms with Crippen LogP contribution in [0, 0.1) is 6.92 Å². The van der Waals surface area contributed by atoms with E-state index in [-0.39, 0.29) is 24.8 Å². The summed E-state index contributed by atoms with van der Waals surface area (Å²) < 4.78 is 0. The van der Waals surface area contributed by atoms with Crippen molar-refractivity contribution in [2.24, 2.45) is 0 Å². The van der Waals surface area contributed by atoms with Crippen molar-refractivity contribution in [1.29, 1.82) is 0 Å². The Morgan fingerprint density at radius 1 is 0.743 bits per heavy atom. The molecule has 0 aliphatic carbocycles. The highest BCUT2D eigenvalue weighted by atomic mass is 16.2. The Morgan fingerprint density at radius 3 is 1.77 bits per heavy atom. The molecule has 5 heteroatoms. The molecule has 0 saturated carbocycles. The Morgan fingerprint density at radius 2 is 1.26 bits per heavy atom. The van der Waals surface area contributed by atoms with E-state index >= 15 is 0 Å². The van der Waals surface area contributed by atoms with Crippen molar-refractivity contribution >= 4 is 35.4 Å². The summed E-state index contributed by atoms with van der Waals surface area (Å²) in [6, 6.07) is 26.5. The molecule has 1 aliphatic rings. The molecule has 35 heavy (non-hydrogen) atoms. The summed E-state index contributed by atoms with van der Waals surface area (Å²) in [6.07, 6.45) is 6.10. The molecule has 1 saturated heterocycles. The van der Waals surface area contributed by atoms with Gasteiger partial charge < -0.3 is 10.2 Å². The number of hydrogen-bond donors (Lipinski definition) is 1. The predicted molar refractivity (Wildman–Crippen MR) is 139 cm³/mol. The number of aryl methyl sites for hydroxylation is 1. The van der Waals surface area contributed by atoms with E-state index in [4.69, 9.17) is 0 Å². The first-order chi connectivity index (χ1) is 17.0. The van der Waals surface area contributed by atoms with Gasteiger partial charge in [0.2, 0.25) is 11.8 Å². The van der Waals surface area contributed by atoms with Gasteiger partial charge in [-0.3, -0.25) is 14.4 Å². The minimum Gasteiger partial charge on any atom is -0.330 e. The summed E-state index contributed by atoms with van der Waals surface area (Å²) in [4.78, 5) is 40.1. The maximum absolute atomic E-state index is 13.2. The van der Waals surface area contributed by atoms with E-state index < -0.39 is 5.91 Å². The van der Waals surface area contributed by atoms with Gasteiger partial charge in [0.25, 0.3) is 0 Å². The Balaban J connectivity index is 1.55. The quantitative estimate of drug-likeness (QED) is 0.539. The molecule has 0 bridgehead atoms. The van der Waals surface area contributed by atoms with E-state index in [9.17, 15) is 14.4 Å². The van der Waals surface area contributed by atoms with Crippen LogP contribution in [0.25, 0.3) is 12.2 Å². The second kappa shape index (κ2) is 11.1. The fraction of sp³-hybridized carbons (Fsp3) is 0.100. The molecular formula is C30H26N2O3. The van der Waals surface area contributed by atoms with Crippen molar-refractivity contribution in [3.63, 3.8) is 0 Å². The third kappa shape index (κ3) is 6.51. The molecule has 3 aromatic rings. The average Bonchev–Trinajstić information content (AvgIpc) is 2.87. The number of carbonyl (C=O) groups excluding carboxylic acids is 3. The summed E-state index contributed by atoms with van der Waals surface area (Å²) in [6.45, 7) is 2.31. The van der Waals surface area contributed by atoms with Gasteiger partial charge in [-0.05, 0) is 42.3 Å². The maximum Gasteiger partial charge on any atom is 0.248 e. The Kier molecular flexibility index (Phi) is 7.48. The minimum atomic E-state index is -0.393. The van der Waals surface area contributed by atoms with Crippen LogP contribution in [-0.2, 0) is 14.4 Å². The van der Waals surface area contributed by atoms with E-state index in [2.05, 4.69) is 5.32 Å². The number of hydrogen-bond acceptors (Lipinski definition) is 3. The van der Waals surface area contributed by atoms with Crippen LogP contribution >= 0.6 is 0 Å². The van der Waals surface area contributed by atoms with Gasteiger partial charge in [-0.2, -0.15) is 0 Å². The molecule has 1 aliphatic heterocycles. The number of amides is 2. The molecule has 0 aromatic heterocycles. The molecule has 3 aromatic carbocycles. The van der Waals surface area contributed by atoms with Gasteiger partial charge in [0.05, 0.1) is 13.1 Å². The van der Waals surface area contributed by atoms with Crippen LogP contribution in [0.1, 0.15) is 16.7 Å². The molecule has 0 spiro atoms. The summed E-state index contributed by atoms with van der Waals surface area (Å²) in [5.74, 6) is -0.812. The summed E-state index contributed by atoms with van der Waals surface area (Å²) in [7, 11) is 0. The molecule has 4 rings (SSSR count). The molecule has 2 amide bonds. The highest BCUT2D eigenvalue weighted by Crippen LogP contribution is 2.22. The summed E-state index contributed by atoms with van der Waals surface area (Å²) in [5.41, 5.74) is 4.56. The highest BCUT2D eigenvalue weighted by molar-refractivity contribution is 6.15. The topological polar surface area (TPSA) is 66.5 Å². The summed E-state index contributed by atoms with van der Waals surface area (Å²) in [5, 5.41) is 2.74. The molecular weight excluding hydrogens is 436 g/mol. The second-order valence-electron chi connectivity index (χ2n) is 8.37. The van der Waals surface area contributed by atoms with Crippen molar-refractivity contribution in [2.45, 2.75) is 6.92 Å². The van der Waals surface area contributed by atoms with Crippen molar-refractivity contribution < 1.29 is 14.4 Å². The lowest BCUT2D eigenvalue weighted by molar-refractivity contribution is -0.126. The molecule has 0 unspecified atom stereocenters. The number of nitrogens with zero attached hydrogens (tertiary/aromatic N) is 1. The normalized spacial score (nSPS) is 16.1. The van der Waals surface area contributed by atoms with Crippen molar-refractivity contribution in [3.8, 4) is 0 Å². The van der Waals surface area contributed by atoms with E-state index in [1.54, 1.807) is 17.0 Å². The Hall–Kier alpha value is -4.51. The van der Waals surface area contributed by atoms with Crippen LogP contribution < -0.4 is 5.32 Å². The monoisotopic (exact) mass is 462 g/mol. The molecule has 174 valence electrons. The first-order valence-corrected chi connectivity index (χ1v) is 11.4. The average molecular weight is 463 g/mol. The maximum atomic E-state index is 13.2. The third-order valence-corrected chi connectivity index (χ3v) is 5.59. The summed E-state index contributed by atoms with van der Waals surface area (Å²) >= 11 is 0. The minimum absolute atomic E-state index is 0.0807. The first-order valence-electron chi connectivity index (χ1n) is 11.4. The number of carbonyl (C=O) groups is 3. The fourth-order valence-corrected chi connectivity index (χ4v) is 3.77. The van der Waals surface area contributed by atoms with Gasteiger partial charge in [-0.1, -0.05) is 78.4 Å². The zero-order valence-corrected chi connectivity index (χ0v) is 19.5. The Labute approximate surface area is 205 Å². The number of piperidine rings is 1. The van der Waals surface area contributed by atoms with Gasteiger partial charge in [0.1, 0.15) is 0 Å². The SMILES string of the molecule is Cc1ccc(NC(=O)/C=C/C(=O)N2C/C(=C\c3ccccc3)C(=O)/C(=C/c3ccccc3)C2)cc1.